The van der Waals surface area contributed by atoms with Crippen molar-refractivity contribution in [2.75, 3.05) is 0 Å². The largest absolute Gasteiger partial charge is 0.481 e. The average Bonchev–Trinajstić information content (AvgIpc) is 2.76. The van der Waals surface area contributed by atoms with E-state index in [0.717, 1.165) is 11.3 Å². The molecule has 1 aromatic carbocycles. The summed E-state index contributed by atoms with van der Waals surface area (Å²) in [5.74, 6) is -0.552. The highest BCUT2D eigenvalue weighted by Crippen LogP contribution is 2.23. The van der Waals surface area contributed by atoms with Gasteiger partial charge in [0.2, 0.25) is 0 Å². The number of benzene rings is 1. The Morgan fingerprint density at radius 2 is 2.11 bits per heavy atom. The maximum Gasteiger partial charge on any atom is 0.309 e. The second-order valence-corrected chi connectivity index (χ2v) is 4.42. The molecular formula is C13H15N3O2. The summed E-state index contributed by atoms with van der Waals surface area (Å²) >= 11 is 0. The minimum atomic E-state index is -0.888. The van der Waals surface area contributed by atoms with Gasteiger partial charge in [0.1, 0.15) is 0 Å². The van der Waals surface area contributed by atoms with Crippen molar-refractivity contribution in [3.63, 3.8) is 0 Å². The summed E-state index contributed by atoms with van der Waals surface area (Å²) in [6, 6.07) is 7.82. The van der Waals surface area contributed by atoms with Crippen LogP contribution in [0.15, 0.2) is 30.5 Å². The zero-order valence-electron chi connectivity index (χ0n) is 10.4. The van der Waals surface area contributed by atoms with Crippen molar-refractivity contribution in [3.05, 3.63) is 41.7 Å². The minimum Gasteiger partial charge on any atom is -0.481 e. The Kier molecular flexibility index (Phi) is 3.41. The molecule has 0 bridgehead atoms. The summed E-state index contributed by atoms with van der Waals surface area (Å²) in [5.41, 5.74) is 2.59. The van der Waals surface area contributed by atoms with Crippen molar-refractivity contribution >= 4 is 5.97 Å². The first kappa shape index (κ1) is 12.3. The molecule has 0 saturated heterocycles. The number of carboxylic acid groups (broad SMARTS) is 1. The Balaban J connectivity index is 2.49. The average molecular weight is 245 g/mol. The smallest absolute Gasteiger partial charge is 0.309 e. The van der Waals surface area contributed by atoms with Crippen LogP contribution in [0.25, 0.3) is 5.69 Å². The predicted octanol–water partition coefficient (Wildman–Crippen LogP) is 2.02. The molecule has 0 amide bonds. The summed E-state index contributed by atoms with van der Waals surface area (Å²) in [6.07, 6.45) is 1.41. The van der Waals surface area contributed by atoms with E-state index in [1.165, 1.54) is 6.20 Å². The van der Waals surface area contributed by atoms with Gasteiger partial charge in [0.25, 0.3) is 0 Å². The van der Waals surface area contributed by atoms with E-state index in [1.54, 1.807) is 4.68 Å². The lowest BCUT2D eigenvalue weighted by molar-refractivity contribution is -0.136. The van der Waals surface area contributed by atoms with Crippen molar-refractivity contribution in [1.29, 1.82) is 0 Å². The summed E-state index contributed by atoms with van der Waals surface area (Å²) in [5, 5.41) is 16.7. The first-order valence-electron chi connectivity index (χ1n) is 5.80. The number of carbonyl (C=O) groups is 1. The summed E-state index contributed by atoms with van der Waals surface area (Å²) in [4.78, 5) is 10.8. The van der Waals surface area contributed by atoms with Gasteiger partial charge >= 0.3 is 5.97 Å². The second-order valence-electron chi connectivity index (χ2n) is 4.42. The number of hydrogen-bond donors (Lipinski definition) is 1. The van der Waals surface area contributed by atoms with Crippen LogP contribution >= 0.6 is 0 Å². The maximum absolute atomic E-state index is 10.8. The lowest BCUT2D eigenvalue weighted by Gasteiger charge is -2.13. The van der Waals surface area contributed by atoms with Gasteiger partial charge in [-0.2, -0.15) is 0 Å². The SMILES string of the molecule is CC(C)c1ccccc1-n1nncc1CC(=O)O. The molecule has 0 aliphatic rings. The molecule has 0 spiro atoms. The molecule has 0 aliphatic carbocycles. The summed E-state index contributed by atoms with van der Waals surface area (Å²) in [6.45, 7) is 4.18. The van der Waals surface area contributed by atoms with Crippen LogP contribution in [0.1, 0.15) is 31.0 Å². The van der Waals surface area contributed by atoms with Gasteiger partial charge in [-0.25, -0.2) is 4.68 Å². The van der Waals surface area contributed by atoms with Gasteiger partial charge in [-0.05, 0) is 17.5 Å². The summed E-state index contributed by atoms with van der Waals surface area (Å²) in [7, 11) is 0. The first-order chi connectivity index (χ1) is 8.59. The highest BCUT2D eigenvalue weighted by atomic mass is 16.4. The maximum atomic E-state index is 10.8. The molecule has 0 radical (unpaired) electrons. The number of carboxylic acids is 1. The minimum absolute atomic E-state index is 0.0839. The highest BCUT2D eigenvalue weighted by molar-refractivity contribution is 5.69. The van der Waals surface area contributed by atoms with Crippen LogP contribution in [-0.2, 0) is 11.2 Å². The van der Waals surface area contributed by atoms with Gasteiger partial charge < -0.3 is 5.11 Å². The van der Waals surface area contributed by atoms with E-state index < -0.39 is 5.97 Å². The van der Waals surface area contributed by atoms with Crippen molar-refractivity contribution in [2.24, 2.45) is 0 Å². The molecule has 5 heteroatoms. The van der Waals surface area contributed by atoms with E-state index in [1.807, 2.05) is 24.3 Å². The number of hydrogen-bond acceptors (Lipinski definition) is 3. The van der Waals surface area contributed by atoms with Crippen LogP contribution in [0, 0.1) is 0 Å². The lowest BCUT2D eigenvalue weighted by Crippen LogP contribution is -2.10. The summed E-state index contributed by atoms with van der Waals surface area (Å²) < 4.78 is 1.60. The Morgan fingerprint density at radius 3 is 2.78 bits per heavy atom. The van der Waals surface area contributed by atoms with Crippen LogP contribution in [0.3, 0.4) is 0 Å². The molecule has 0 saturated carbocycles. The molecule has 18 heavy (non-hydrogen) atoms. The van der Waals surface area contributed by atoms with Crippen LogP contribution in [0.4, 0.5) is 0 Å². The number of rotatable bonds is 4. The fraction of sp³-hybridized carbons (Fsp3) is 0.308. The van der Waals surface area contributed by atoms with Crippen LogP contribution in [-0.4, -0.2) is 26.1 Å². The Labute approximate surface area is 105 Å². The molecule has 0 unspecified atom stereocenters. The van der Waals surface area contributed by atoms with E-state index in [-0.39, 0.29) is 6.42 Å². The molecule has 1 N–H and O–H groups in total. The molecule has 0 aliphatic heterocycles. The zero-order chi connectivity index (χ0) is 13.1. The van der Waals surface area contributed by atoms with Gasteiger partial charge in [0, 0.05) is 0 Å². The second kappa shape index (κ2) is 5.00. The number of aliphatic carboxylic acids is 1. The topological polar surface area (TPSA) is 68.0 Å². The molecule has 2 rings (SSSR count). The molecule has 0 atom stereocenters. The van der Waals surface area contributed by atoms with Crippen molar-refractivity contribution in [2.45, 2.75) is 26.2 Å². The third-order valence-corrected chi connectivity index (χ3v) is 2.74. The van der Waals surface area contributed by atoms with E-state index in [2.05, 4.69) is 24.2 Å². The molecular weight excluding hydrogens is 230 g/mol. The third-order valence-electron chi connectivity index (χ3n) is 2.74. The fourth-order valence-electron chi connectivity index (χ4n) is 1.90. The van der Waals surface area contributed by atoms with E-state index in [9.17, 15) is 4.79 Å². The van der Waals surface area contributed by atoms with Crippen LogP contribution < -0.4 is 0 Å². The van der Waals surface area contributed by atoms with Gasteiger partial charge in [-0.15, -0.1) is 5.10 Å². The number of nitrogens with zero attached hydrogens (tertiary/aromatic N) is 3. The normalized spacial score (nSPS) is 10.8. The predicted molar refractivity (Wildman–Crippen MR) is 66.8 cm³/mol. The number of para-hydroxylation sites is 1. The lowest BCUT2D eigenvalue weighted by atomic mass is 10.0. The Bertz CT molecular complexity index is 561. The molecule has 5 nitrogen and oxygen atoms in total. The van der Waals surface area contributed by atoms with Crippen molar-refractivity contribution in [1.82, 2.24) is 15.0 Å². The number of aromatic nitrogens is 3. The van der Waals surface area contributed by atoms with Gasteiger partial charge in [-0.3, -0.25) is 4.79 Å². The fourth-order valence-corrected chi connectivity index (χ4v) is 1.90. The molecule has 0 fully saturated rings. The van der Waals surface area contributed by atoms with E-state index >= 15 is 0 Å². The van der Waals surface area contributed by atoms with Gasteiger partial charge in [0.05, 0.1) is 24.0 Å². The van der Waals surface area contributed by atoms with Gasteiger partial charge in [-0.1, -0.05) is 37.3 Å². The molecule has 2 aromatic rings. The zero-order valence-corrected chi connectivity index (χ0v) is 10.4. The standard InChI is InChI=1S/C13H15N3O2/c1-9(2)11-5-3-4-6-12(11)16-10(7-13(17)18)8-14-15-16/h3-6,8-9H,7H2,1-2H3,(H,17,18). The van der Waals surface area contributed by atoms with Crippen molar-refractivity contribution in [3.8, 4) is 5.69 Å². The first-order valence-corrected chi connectivity index (χ1v) is 5.80. The van der Waals surface area contributed by atoms with E-state index in [4.69, 9.17) is 5.11 Å². The quantitative estimate of drug-likeness (QED) is 0.894. The molecule has 1 heterocycles. The third kappa shape index (κ3) is 2.40. The Hall–Kier alpha value is -2.17. The van der Waals surface area contributed by atoms with Gasteiger partial charge in [0.15, 0.2) is 0 Å². The molecule has 94 valence electrons. The highest BCUT2D eigenvalue weighted by Gasteiger charge is 2.14. The van der Waals surface area contributed by atoms with E-state index in [0.29, 0.717) is 11.6 Å². The van der Waals surface area contributed by atoms with Crippen LogP contribution in [0.2, 0.25) is 0 Å². The van der Waals surface area contributed by atoms with Crippen LogP contribution in [0.5, 0.6) is 0 Å². The monoisotopic (exact) mass is 245 g/mol. The van der Waals surface area contributed by atoms with Crippen molar-refractivity contribution < 1.29 is 9.90 Å². The Morgan fingerprint density at radius 1 is 1.39 bits per heavy atom. The molecule has 1 aromatic heterocycles.